The number of amides is 1. The van der Waals surface area contributed by atoms with Gasteiger partial charge in [-0.3, -0.25) is 9.52 Å². The first-order valence-corrected chi connectivity index (χ1v) is 11.5. The maximum absolute atomic E-state index is 12.8. The van der Waals surface area contributed by atoms with Gasteiger partial charge >= 0.3 is 0 Å². The standard InChI is InChI=1S/C23H23ClN2O4S/c1-3-21(16-11-13-18(30-2)14-12-16)25-23(27)17-7-6-8-19(15-17)31(28,29)26-22-10-5-4-9-20(22)24/h4-15,21,26H,3H2,1-2H3,(H,25,27). The van der Waals surface area contributed by atoms with Gasteiger partial charge in [0.15, 0.2) is 0 Å². The van der Waals surface area contributed by atoms with Crippen molar-refractivity contribution in [3.8, 4) is 5.75 Å². The molecule has 3 aromatic carbocycles. The number of halogens is 1. The Bertz CT molecular complexity index is 1160. The number of rotatable bonds is 8. The van der Waals surface area contributed by atoms with Crippen molar-refractivity contribution in [3.63, 3.8) is 0 Å². The molecule has 0 saturated heterocycles. The summed E-state index contributed by atoms with van der Waals surface area (Å²) < 4.78 is 33.2. The number of methoxy groups -OCH3 is 1. The third kappa shape index (κ3) is 5.57. The van der Waals surface area contributed by atoms with E-state index in [1.54, 1.807) is 37.4 Å². The minimum absolute atomic E-state index is 0.0300. The smallest absolute Gasteiger partial charge is 0.261 e. The van der Waals surface area contributed by atoms with Crippen molar-refractivity contribution >= 4 is 33.2 Å². The summed E-state index contributed by atoms with van der Waals surface area (Å²) in [6.07, 6.45) is 0.671. The fourth-order valence-corrected chi connectivity index (χ4v) is 4.42. The second-order valence-electron chi connectivity index (χ2n) is 6.82. The van der Waals surface area contributed by atoms with Crippen LogP contribution < -0.4 is 14.8 Å². The summed E-state index contributed by atoms with van der Waals surface area (Å²) in [5.41, 5.74) is 1.44. The number of anilines is 1. The molecule has 8 heteroatoms. The molecule has 0 aliphatic rings. The Morgan fingerprint density at radius 3 is 2.39 bits per heavy atom. The van der Waals surface area contributed by atoms with Crippen molar-refractivity contribution < 1.29 is 17.9 Å². The van der Waals surface area contributed by atoms with Crippen molar-refractivity contribution in [2.75, 3.05) is 11.8 Å². The van der Waals surface area contributed by atoms with Crippen molar-refractivity contribution in [3.05, 3.63) is 88.9 Å². The highest BCUT2D eigenvalue weighted by atomic mass is 35.5. The molecule has 0 aliphatic carbocycles. The van der Waals surface area contributed by atoms with Crippen LogP contribution in [0.1, 0.15) is 35.3 Å². The van der Waals surface area contributed by atoms with Gasteiger partial charge in [-0.15, -0.1) is 0 Å². The Labute approximate surface area is 187 Å². The zero-order valence-corrected chi connectivity index (χ0v) is 18.7. The van der Waals surface area contributed by atoms with E-state index in [0.29, 0.717) is 6.42 Å². The first kappa shape index (κ1) is 22.7. The number of carbonyl (C=O) groups excluding carboxylic acids is 1. The molecule has 0 heterocycles. The zero-order valence-electron chi connectivity index (χ0n) is 17.1. The summed E-state index contributed by atoms with van der Waals surface area (Å²) in [5, 5.41) is 3.24. The zero-order chi connectivity index (χ0) is 22.4. The van der Waals surface area contributed by atoms with Crippen LogP contribution in [0.5, 0.6) is 5.75 Å². The molecule has 162 valence electrons. The number of carbonyl (C=O) groups is 1. The van der Waals surface area contributed by atoms with E-state index in [-0.39, 0.29) is 33.1 Å². The monoisotopic (exact) mass is 458 g/mol. The summed E-state index contributed by atoms with van der Waals surface area (Å²) in [6, 6.07) is 19.6. The maximum Gasteiger partial charge on any atom is 0.261 e. The molecule has 3 rings (SSSR count). The van der Waals surface area contributed by atoms with Crippen LogP contribution in [0, 0.1) is 0 Å². The lowest BCUT2D eigenvalue weighted by molar-refractivity contribution is 0.0935. The Hall–Kier alpha value is -3.03. The third-order valence-corrected chi connectivity index (χ3v) is 6.45. The molecule has 0 aliphatic heterocycles. The first-order chi connectivity index (χ1) is 14.8. The molecule has 0 radical (unpaired) electrons. The van der Waals surface area contributed by atoms with Gasteiger partial charge in [-0.05, 0) is 54.4 Å². The minimum atomic E-state index is -3.91. The summed E-state index contributed by atoms with van der Waals surface area (Å²) in [6.45, 7) is 1.96. The van der Waals surface area contributed by atoms with E-state index in [0.717, 1.165) is 11.3 Å². The molecule has 6 nitrogen and oxygen atoms in total. The predicted molar refractivity (Wildman–Crippen MR) is 122 cm³/mol. The lowest BCUT2D eigenvalue weighted by Crippen LogP contribution is -2.28. The molecule has 0 fully saturated rings. The fraction of sp³-hybridized carbons (Fsp3) is 0.174. The van der Waals surface area contributed by atoms with Crippen molar-refractivity contribution in [1.29, 1.82) is 0 Å². The summed E-state index contributed by atoms with van der Waals surface area (Å²) >= 11 is 6.05. The quantitative estimate of drug-likeness (QED) is 0.495. The number of para-hydroxylation sites is 1. The topological polar surface area (TPSA) is 84.5 Å². The van der Waals surface area contributed by atoms with Gasteiger partial charge in [0.2, 0.25) is 0 Å². The normalized spacial score (nSPS) is 12.1. The van der Waals surface area contributed by atoms with E-state index in [1.165, 1.54) is 18.2 Å². The second kappa shape index (κ2) is 9.85. The molecule has 0 bridgehead atoms. The number of sulfonamides is 1. The molecular formula is C23H23ClN2O4S. The van der Waals surface area contributed by atoms with Gasteiger partial charge in [0.1, 0.15) is 5.75 Å². The van der Waals surface area contributed by atoms with Crippen LogP contribution in [0.2, 0.25) is 5.02 Å². The number of nitrogens with one attached hydrogen (secondary N) is 2. The number of hydrogen-bond donors (Lipinski definition) is 2. The predicted octanol–water partition coefficient (Wildman–Crippen LogP) is 5.03. The molecule has 0 saturated carbocycles. The Morgan fingerprint density at radius 2 is 1.74 bits per heavy atom. The van der Waals surface area contributed by atoms with E-state index in [1.807, 2.05) is 31.2 Å². The van der Waals surface area contributed by atoms with Crippen LogP contribution in [0.3, 0.4) is 0 Å². The molecule has 0 aromatic heterocycles. The van der Waals surface area contributed by atoms with E-state index in [9.17, 15) is 13.2 Å². The van der Waals surface area contributed by atoms with Crippen molar-refractivity contribution in [1.82, 2.24) is 5.32 Å². The van der Waals surface area contributed by atoms with Gasteiger partial charge in [0.05, 0.1) is 28.8 Å². The summed E-state index contributed by atoms with van der Waals surface area (Å²) in [4.78, 5) is 12.8. The van der Waals surface area contributed by atoms with Crippen LogP contribution in [-0.2, 0) is 10.0 Å². The Morgan fingerprint density at radius 1 is 1.03 bits per heavy atom. The second-order valence-corrected chi connectivity index (χ2v) is 8.91. The number of ether oxygens (including phenoxy) is 1. The van der Waals surface area contributed by atoms with Crippen LogP contribution in [0.4, 0.5) is 5.69 Å². The summed E-state index contributed by atoms with van der Waals surface area (Å²) in [5.74, 6) is 0.367. The molecule has 2 N–H and O–H groups in total. The highest BCUT2D eigenvalue weighted by Crippen LogP contribution is 2.25. The number of benzene rings is 3. The van der Waals surface area contributed by atoms with Crippen LogP contribution in [0.25, 0.3) is 0 Å². The van der Waals surface area contributed by atoms with E-state index in [4.69, 9.17) is 16.3 Å². The Kier molecular flexibility index (Phi) is 7.20. The first-order valence-electron chi connectivity index (χ1n) is 9.66. The van der Waals surface area contributed by atoms with E-state index in [2.05, 4.69) is 10.0 Å². The van der Waals surface area contributed by atoms with Crippen LogP contribution in [0.15, 0.2) is 77.7 Å². The minimum Gasteiger partial charge on any atom is -0.497 e. The maximum atomic E-state index is 12.8. The molecule has 1 atom stereocenters. The fourth-order valence-electron chi connectivity index (χ4n) is 3.05. The SMILES string of the molecule is CCC(NC(=O)c1cccc(S(=O)(=O)Nc2ccccc2Cl)c1)c1ccc(OC)cc1. The van der Waals surface area contributed by atoms with Crippen LogP contribution >= 0.6 is 11.6 Å². The van der Waals surface area contributed by atoms with E-state index >= 15 is 0 Å². The van der Waals surface area contributed by atoms with Gasteiger partial charge in [0.25, 0.3) is 15.9 Å². The van der Waals surface area contributed by atoms with Crippen LogP contribution in [-0.4, -0.2) is 21.4 Å². The average molecular weight is 459 g/mol. The molecule has 31 heavy (non-hydrogen) atoms. The molecule has 1 amide bonds. The lowest BCUT2D eigenvalue weighted by atomic mass is 10.0. The van der Waals surface area contributed by atoms with E-state index < -0.39 is 10.0 Å². The van der Waals surface area contributed by atoms with Crippen molar-refractivity contribution in [2.45, 2.75) is 24.3 Å². The van der Waals surface area contributed by atoms with Crippen molar-refractivity contribution in [2.24, 2.45) is 0 Å². The Balaban J connectivity index is 1.79. The average Bonchev–Trinajstić information content (AvgIpc) is 2.79. The highest BCUT2D eigenvalue weighted by Gasteiger charge is 2.19. The molecule has 1 unspecified atom stereocenters. The van der Waals surface area contributed by atoms with Gasteiger partial charge in [-0.25, -0.2) is 8.42 Å². The molecular weight excluding hydrogens is 436 g/mol. The molecule has 3 aromatic rings. The third-order valence-electron chi connectivity index (χ3n) is 4.76. The largest absolute Gasteiger partial charge is 0.497 e. The highest BCUT2D eigenvalue weighted by molar-refractivity contribution is 7.92. The van der Waals surface area contributed by atoms with Gasteiger partial charge < -0.3 is 10.1 Å². The number of hydrogen-bond acceptors (Lipinski definition) is 4. The van der Waals surface area contributed by atoms with Gasteiger partial charge in [-0.1, -0.05) is 48.9 Å². The lowest BCUT2D eigenvalue weighted by Gasteiger charge is -2.18. The summed E-state index contributed by atoms with van der Waals surface area (Å²) in [7, 11) is -2.32. The molecule has 0 spiro atoms. The van der Waals surface area contributed by atoms with Gasteiger partial charge in [0, 0.05) is 5.56 Å². The van der Waals surface area contributed by atoms with Gasteiger partial charge in [-0.2, -0.15) is 0 Å².